The number of amides is 1. The number of aromatic nitrogens is 3. The molecule has 0 aliphatic carbocycles. The minimum Gasteiger partial charge on any atom is -0.475 e. The third kappa shape index (κ3) is 6.23. The molecule has 0 radical (unpaired) electrons. The zero-order valence-corrected chi connectivity index (χ0v) is 15.1. The molecule has 0 unspecified atom stereocenters. The van der Waals surface area contributed by atoms with Crippen molar-refractivity contribution < 1.29 is 32.3 Å². The van der Waals surface area contributed by atoms with Crippen LogP contribution in [0.1, 0.15) is 24.0 Å². The van der Waals surface area contributed by atoms with Gasteiger partial charge in [-0.1, -0.05) is 19.1 Å². The molecule has 1 aromatic carbocycles. The third-order valence-corrected chi connectivity index (χ3v) is 3.64. The van der Waals surface area contributed by atoms with Gasteiger partial charge >= 0.3 is 17.9 Å². The van der Waals surface area contributed by atoms with E-state index in [4.69, 9.17) is 14.3 Å². The lowest BCUT2D eigenvalue weighted by Gasteiger charge is -2.04. The van der Waals surface area contributed by atoms with Gasteiger partial charge in [0.05, 0.1) is 11.9 Å². The van der Waals surface area contributed by atoms with Crippen LogP contribution in [0.3, 0.4) is 0 Å². The summed E-state index contributed by atoms with van der Waals surface area (Å²) in [5.41, 5.74) is 2.84. The lowest BCUT2D eigenvalue weighted by molar-refractivity contribution is -0.192. The van der Waals surface area contributed by atoms with E-state index in [9.17, 15) is 22.8 Å². The zero-order chi connectivity index (χ0) is 21.6. The fraction of sp³-hybridized carbons (Fsp3) is 0.294. The lowest BCUT2D eigenvalue weighted by atomic mass is 10.2. The number of fused-ring (bicyclic) bond motifs is 1. The average molecular weight is 414 g/mol. The number of aliphatic carboxylic acids is 1. The number of rotatable bonds is 5. The van der Waals surface area contributed by atoms with Gasteiger partial charge < -0.3 is 19.8 Å². The van der Waals surface area contributed by atoms with Gasteiger partial charge in [-0.15, -0.1) is 0 Å². The molecule has 12 heteroatoms. The minimum absolute atomic E-state index is 0.146. The summed E-state index contributed by atoms with van der Waals surface area (Å²) in [5, 5.41) is 9.93. The molecular weight excluding hydrogens is 397 g/mol. The SMILES string of the molecule is CCc1cnc(CC(=O)NCc2cccc3[nH]c(=O)oc23)[nH]1.O=C(O)C(F)(F)F. The molecular formula is C17H17F3N4O5. The number of carbonyl (C=O) groups is 2. The number of imidazole rings is 1. The van der Waals surface area contributed by atoms with E-state index in [-0.39, 0.29) is 18.9 Å². The molecule has 0 bridgehead atoms. The number of para-hydroxylation sites is 1. The van der Waals surface area contributed by atoms with Gasteiger partial charge in [-0.3, -0.25) is 9.78 Å². The first kappa shape index (κ1) is 21.7. The summed E-state index contributed by atoms with van der Waals surface area (Å²) in [7, 11) is 0. The highest BCUT2D eigenvalue weighted by molar-refractivity contribution is 5.79. The van der Waals surface area contributed by atoms with Crippen molar-refractivity contribution in [2.45, 2.75) is 32.5 Å². The van der Waals surface area contributed by atoms with E-state index >= 15 is 0 Å². The quantitative estimate of drug-likeness (QED) is 0.503. The molecule has 0 aliphatic heterocycles. The number of H-pyrrole nitrogens is 2. The predicted molar refractivity (Wildman–Crippen MR) is 94.0 cm³/mol. The standard InChI is InChI=1S/C15H16N4O3.C2HF3O2/c1-2-10-8-16-12(18-10)6-13(20)17-7-9-4-3-5-11-14(9)22-15(21)19-11;3-2(4,5)1(6)7/h3-5,8H,2,6-7H2,1H3,(H,16,18)(H,17,20)(H,19,21);(H,6,7). The number of alkyl halides is 3. The maximum atomic E-state index is 12.0. The Balaban J connectivity index is 0.000000370. The number of nitrogens with zero attached hydrogens (tertiary/aromatic N) is 1. The van der Waals surface area contributed by atoms with Crippen LogP contribution >= 0.6 is 0 Å². The fourth-order valence-electron chi connectivity index (χ4n) is 2.25. The summed E-state index contributed by atoms with van der Waals surface area (Å²) in [6, 6.07) is 5.36. The molecule has 1 amide bonds. The van der Waals surface area contributed by atoms with Crippen molar-refractivity contribution in [2.75, 3.05) is 0 Å². The Bertz CT molecular complexity index is 1050. The number of nitrogens with one attached hydrogen (secondary N) is 3. The van der Waals surface area contributed by atoms with E-state index in [0.29, 0.717) is 16.9 Å². The third-order valence-electron chi connectivity index (χ3n) is 3.64. The molecule has 2 heterocycles. The fourth-order valence-corrected chi connectivity index (χ4v) is 2.25. The average Bonchev–Trinajstić information content (AvgIpc) is 3.25. The van der Waals surface area contributed by atoms with Gasteiger partial charge in [-0.2, -0.15) is 13.2 Å². The number of carboxylic acid groups (broad SMARTS) is 1. The van der Waals surface area contributed by atoms with Crippen LogP contribution in [0.4, 0.5) is 13.2 Å². The Kier molecular flexibility index (Phi) is 6.80. The van der Waals surface area contributed by atoms with Gasteiger partial charge in [-0.05, 0) is 12.5 Å². The van der Waals surface area contributed by atoms with Crippen molar-refractivity contribution in [1.82, 2.24) is 20.3 Å². The first-order valence-corrected chi connectivity index (χ1v) is 8.30. The van der Waals surface area contributed by atoms with Crippen molar-refractivity contribution in [2.24, 2.45) is 0 Å². The Labute approximate surface area is 160 Å². The summed E-state index contributed by atoms with van der Waals surface area (Å²) in [4.78, 5) is 41.9. The molecule has 0 aliphatic rings. The van der Waals surface area contributed by atoms with Crippen molar-refractivity contribution in [3.05, 3.63) is 52.0 Å². The van der Waals surface area contributed by atoms with E-state index in [1.54, 1.807) is 18.3 Å². The number of carboxylic acids is 1. The zero-order valence-electron chi connectivity index (χ0n) is 15.1. The molecule has 3 aromatic rings. The number of carbonyl (C=O) groups excluding carboxylic acids is 1. The minimum atomic E-state index is -5.08. The number of halogens is 3. The Hall–Kier alpha value is -3.57. The largest absolute Gasteiger partial charge is 0.490 e. The van der Waals surface area contributed by atoms with Crippen LogP contribution in [-0.4, -0.2) is 38.1 Å². The van der Waals surface area contributed by atoms with Crippen molar-refractivity contribution in [1.29, 1.82) is 0 Å². The summed E-state index contributed by atoms with van der Waals surface area (Å²) < 4.78 is 36.8. The van der Waals surface area contributed by atoms with E-state index in [1.165, 1.54) is 0 Å². The molecule has 0 spiro atoms. The smallest absolute Gasteiger partial charge is 0.475 e. The first-order chi connectivity index (χ1) is 13.6. The van der Waals surface area contributed by atoms with Crippen LogP contribution < -0.4 is 11.1 Å². The molecule has 9 nitrogen and oxygen atoms in total. The van der Waals surface area contributed by atoms with Crippen LogP contribution in [0.5, 0.6) is 0 Å². The van der Waals surface area contributed by atoms with E-state index in [1.807, 2.05) is 13.0 Å². The highest BCUT2D eigenvalue weighted by Gasteiger charge is 2.38. The van der Waals surface area contributed by atoms with Gasteiger partial charge in [0.1, 0.15) is 5.82 Å². The van der Waals surface area contributed by atoms with Gasteiger partial charge in [0.15, 0.2) is 5.58 Å². The van der Waals surface area contributed by atoms with Gasteiger partial charge in [-0.25, -0.2) is 14.6 Å². The number of oxazole rings is 1. The molecule has 0 saturated heterocycles. The van der Waals surface area contributed by atoms with E-state index in [2.05, 4.69) is 20.3 Å². The number of hydrogen-bond acceptors (Lipinski definition) is 5. The second-order valence-electron chi connectivity index (χ2n) is 5.77. The molecule has 2 aromatic heterocycles. The Morgan fingerprint density at radius 3 is 2.55 bits per heavy atom. The van der Waals surface area contributed by atoms with Crippen LogP contribution in [0.15, 0.2) is 33.6 Å². The molecule has 3 rings (SSSR count). The van der Waals surface area contributed by atoms with Crippen LogP contribution in [-0.2, 0) is 29.0 Å². The second-order valence-corrected chi connectivity index (χ2v) is 5.77. The second kappa shape index (κ2) is 9.08. The molecule has 156 valence electrons. The normalized spacial score (nSPS) is 11.0. The van der Waals surface area contributed by atoms with E-state index < -0.39 is 17.9 Å². The van der Waals surface area contributed by atoms with Crippen LogP contribution in [0, 0.1) is 0 Å². The van der Waals surface area contributed by atoms with Gasteiger partial charge in [0, 0.05) is 24.0 Å². The van der Waals surface area contributed by atoms with E-state index in [0.717, 1.165) is 17.7 Å². The lowest BCUT2D eigenvalue weighted by Crippen LogP contribution is -2.25. The molecule has 29 heavy (non-hydrogen) atoms. The molecule has 0 saturated carbocycles. The summed E-state index contributed by atoms with van der Waals surface area (Å²) >= 11 is 0. The summed E-state index contributed by atoms with van der Waals surface area (Å²) in [5.74, 6) is -2.77. The monoisotopic (exact) mass is 414 g/mol. The van der Waals surface area contributed by atoms with Crippen molar-refractivity contribution in [3.63, 3.8) is 0 Å². The van der Waals surface area contributed by atoms with Crippen LogP contribution in [0.2, 0.25) is 0 Å². The number of hydrogen-bond donors (Lipinski definition) is 4. The predicted octanol–water partition coefficient (Wildman–Crippen LogP) is 1.90. The number of aryl methyl sites for hydroxylation is 1. The van der Waals surface area contributed by atoms with Gasteiger partial charge in [0.2, 0.25) is 5.91 Å². The highest BCUT2D eigenvalue weighted by Crippen LogP contribution is 2.15. The highest BCUT2D eigenvalue weighted by atomic mass is 19.4. The van der Waals surface area contributed by atoms with Crippen LogP contribution in [0.25, 0.3) is 11.1 Å². The Morgan fingerprint density at radius 1 is 1.28 bits per heavy atom. The molecule has 4 N–H and O–H groups in total. The molecule has 0 atom stereocenters. The maximum absolute atomic E-state index is 12.0. The molecule has 0 fully saturated rings. The van der Waals surface area contributed by atoms with Gasteiger partial charge in [0.25, 0.3) is 0 Å². The van der Waals surface area contributed by atoms with Crippen molar-refractivity contribution >= 4 is 23.0 Å². The summed E-state index contributed by atoms with van der Waals surface area (Å²) in [6.07, 6.45) is -2.31. The topological polar surface area (TPSA) is 141 Å². The number of benzene rings is 1. The Morgan fingerprint density at radius 2 is 1.97 bits per heavy atom. The first-order valence-electron chi connectivity index (χ1n) is 8.30. The number of aromatic amines is 2. The van der Waals surface area contributed by atoms with Crippen molar-refractivity contribution in [3.8, 4) is 0 Å². The maximum Gasteiger partial charge on any atom is 0.490 e. The summed E-state index contributed by atoms with van der Waals surface area (Å²) in [6.45, 7) is 2.31.